The number of para-hydroxylation sites is 1. The Morgan fingerprint density at radius 3 is 2.49 bits per heavy atom. The van der Waals surface area contributed by atoms with Crippen LogP contribution in [0, 0.1) is 34.8 Å². The number of benzene rings is 3. The second-order valence-corrected chi connectivity index (χ2v) is 20.4. The molecule has 3 atom stereocenters. The molecule has 0 radical (unpaired) electrons. The van der Waals surface area contributed by atoms with Gasteiger partial charge >= 0.3 is 19.7 Å². The standard InChI is InChI=1S/C50H56F2N7O9P/c1-7-37-40(51)15-14-33-24-36(68-69(62,67-35-12-10-9-11-13-35)57-32(3)47(61)65-30-49(4,5)6)25-38(42(33)37)44-43(52)45-39(26-53-44)46(59-20-23-64-28-34(27-59)54-41(60)8-2)56-48(55-45)66-31-50(16-17-50)29-58-18-21-63-22-19-58/h1,8-15,24-26,32,34H,2,16-23,27-31H2,3-6H3,(H,54,60)(H,57,62)/t32-,34-,69?/m0/s1. The van der Waals surface area contributed by atoms with E-state index in [1.165, 1.54) is 37.4 Å². The molecule has 2 saturated heterocycles. The van der Waals surface area contributed by atoms with Gasteiger partial charge in [0.1, 0.15) is 40.4 Å². The normalized spacial score (nSPS) is 18.6. The Kier molecular flexibility index (Phi) is 14.8. The van der Waals surface area contributed by atoms with Crippen LogP contribution in [-0.2, 0) is 28.4 Å². The van der Waals surface area contributed by atoms with Crippen LogP contribution < -0.4 is 29.1 Å². The van der Waals surface area contributed by atoms with Gasteiger partial charge in [0.15, 0.2) is 5.82 Å². The molecule has 2 aliphatic heterocycles. The van der Waals surface area contributed by atoms with E-state index < -0.39 is 37.4 Å². The van der Waals surface area contributed by atoms with E-state index in [4.69, 9.17) is 39.4 Å². The third kappa shape index (κ3) is 12.0. The average molecular weight is 968 g/mol. The van der Waals surface area contributed by atoms with E-state index in [-0.39, 0.29) is 112 Å². The van der Waals surface area contributed by atoms with E-state index in [9.17, 15) is 14.2 Å². The second-order valence-electron chi connectivity index (χ2n) is 18.8. The van der Waals surface area contributed by atoms with Gasteiger partial charge in [-0.25, -0.2) is 13.3 Å². The molecule has 0 bridgehead atoms. The lowest BCUT2D eigenvalue weighted by Gasteiger charge is -2.30. The van der Waals surface area contributed by atoms with Crippen LogP contribution in [0.25, 0.3) is 32.9 Å². The molecule has 19 heteroatoms. The molecule has 364 valence electrons. The lowest BCUT2D eigenvalue weighted by atomic mass is 9.96. The number of pyridine rings is 1. The second kappa shape index (κ2) is 20.8. The Balaban J connectivity index is 1.22. The first kappa shape index (κ1) is 49.2. The maximum atomic E-state index is 17.8. The Hall–Kier alpha value is -6.22. The number of aromatic nitrogens is 3. The maximum absolute atomic E-state index is 17.8. The molecule has 1 amide bonds. The highest BCUT2D eigenvalue weighted by molar-refractivity contribution is 7.52. The number of morpholine rings is 1. The van der Waals surface area contributed by atoms with Crippen LogP contribution in [0.3, 0.4) is 0 Å². The van der Waals surface area contributed by atoms with Gasteiger partial charge in [0.05, 0.1) is 56.6 Å². The number of nitrogens with zero attached hydrogens (tertiary/aromatic N) is 5. The molecule has 1 saturated carbocycles. The van der Waals surface area contributed by atoms with E-state index >= 15 is 8.78 Å². The topological polar surface area (TPSA) is 176 Å². The molecule has 4 heterocycles. The third-order valence-corrected chi connectivity index (χ3v) is 13.5. The number of carbonyl (C=O) groups excluding carboxylic acids is 2. The van der Waals surface area contributed by atoms with Gasteiger partial charge in [0.25, 0.3) is 0 Å². The van der Waals surface area contributed by atoms with E-state index in [1.54, 1.807) is 30.3 Å². The number of nitrogens with one attached hydrogen (secondary N) is 2. The van der Waals surface area contributed by atoms with Gasteiger partial charge in [0.2, 0.25) is 5.91 Å². The molecule has 2 N–H and O–H groups in total. The summed E-state index contributed by atoms with van der Waals surface area (Å²) in [5.74, 6) is -0.0731. The molecule has 1 unspecified atom stereocenters. The number of fused-ring (bicyclic) bond motifs is 2. The smallest absolute Gasteiger partial charge is 0.464 e. The molecule has 1 aliphatic carbocycles. The van der Waals surface area contributed by atoms with Crippen LogP contribution in [0.5, 0.6) is 17.5 Å². The number of amides is 1. The van der Waals surface area contributed by atoms with E-state index in [2.05, 4.69) is 37.8 Å². The van der Waals surface area contributed by atoms with Crippen LogP contribution in [-0.4, -0.2) is 116 Å². The van der Waals surface area contributed by atoms with E-state index in [1.807, 2.05) is 25.7 Å². The number of esters is 1. The van der Waals surface area contributed by atoms with Crippen molar-refractivity contribution in [2.45, 2.75) is 52.6 Å². The number of rotatable bonds is 17. The Morgan fingerprint density at radius 1 is 1.04 bits per heavy atom. The quantitative estimate of drug-likeness (QED) is 0.0413. The minimum Gasteiger partial charge on any atom is -0.464 e. The molecule has 69 heavy (non-hydrogen) atoms. The largest absolute Gasteiger partial charge is 0.513 e. The van der Waals surface area contributed by atoms with Gasteiger partial charge in [-0.3, -0.25) is 19.5 Å². The SMILES string of the molecule is C#Cc1c(F)ccc2cc(OP(=O)(N[C@@H](C)C(=O)OCC(C)(C)C)Oc3ccccc3)cc(-c3ncc4c(N5CCOC[C@@H](NC(=O)C=C)C5)nc(OCC5(CN6CCOCC6)CC5)nc4c3F)c12. The molecule has 3 aliphatic rings. The third-order valence-electron chi connectivity index (χ3n) is 11.9. The molecule has 3 fully saturated rings. The zero-order valence-electron chi connectivity index (χ0n) is 39.1. The van der Waals surface area contributed by atoms with Crippen molar-refractivity contribution in [3.63, 3.8) is 0 Å². The van der Waals surface area contributed by atoms with Gasteiger partial charge in [-0.05, 0) is 67.0 Å². The van der Waals surface area contributed by atoms with Crippen LogP contribution in [0.15, 0.2) is 73.4 Å². The number of ether oxygens (including phenoxy) is 4. The molecule has 0 spiro atoms. The van der Waals surface area contributed by atoms with Gasteiger partial charge in [-0.2, -0.15) is 15.1 Å². The summed E-state index contributed by atoms with van der Waals surface area (Å²) in [6.45, 7) is 15.8. The lowest BCUT2D eigenvalue weighted by molar-refractivity contribution is -0.148. The molecule has 8 rings (SSSR count). The Labute approximate surface area is 399 Å². The highest BCUT2D eigenvalue weighted by Crippen LogP contribution is 2.49. The maximum Gasteiger partial charge on any atom is 0.513 e. The van der Waals surface area contributed by atoms with Gasteiger partial charge in [-0.15, -0.1) is 6.42 Å². The molecule has 5 aromatic rings. The minimum atomic E-state index is -4.56. The summed E-state index contributed by atoms with van der Waals surface area (Å²) in [7, 11) is -4.56. The Morgan fingerprint density at radius 2 is 1.78 bits per heavy atom. The summed E-state index contributed by atoms with van der Waals surface area (Å²) in [6, 6.07) is 11.8. The number of carbonyl (C=O) groups is 2. The summed E-state index contributed by atoms with van der Waals surface area (Å²) in [6.07, 6.45) is 10.4. The highest BCUT2D eigenvalue weighted by atomic mass is 31.2. The summed E-state index contributed by atoms with van der Waals surface area (Å²) in [5.41, 5.74) is -1.18. The summed E-state index contributed by atoms with van der Waals surface area (Å²) in [5, 5.41) is 6.17. The van der Waals surface area contributed by atoms with Crippen LogP contribution in [0.4, 0.5) is 14.6 Å². The number of hydrogen-bond donors (Lipinski definition) is 2. The molecular formula is C50H56F2N7O9P. The van der Waals surface area contributed by atoms with Crippen molar-refractivity contribution in [1.29, 1.82) is 0 Å². The monoisotopic (exact) mass is 967 g/mol. The number of terminal acetylenes is 1. The van der Waals surface area contributed by atoms with Crippen LogP contribution in [0.1, 0.15) is 46.1 Å². The number of anilines is 1. The zero-order valence-corrected chi connectivity index (χ0v) is 40.0. The van der Waals surface area contributed by atoms with Crippen molar-refractivity contribution in [1.82, 2.24) is 30.3 Å². The average Bonchev–Trinajstić information content (AvgIpc) is 4.13. The minimum absolute atomic E-state index is 0.0290. The fourth-order valence-corrected chi connectivity index (χ4v) is 9.67. The van der Waals surface area contributed by atoms with Crippen molar-refractivity contribution in [3.05, 3.63) is 90.6 Å². The molecule has 16 nitrogen and oxygen atoms in total. The van der Waals surface area contributed by atoms with Crippen molar-refractivity contribution < 1.29 is 50.9 Å². The fraction of sp³-hybridized carbons (Fsp3) is 0.420. The lowest BCUT2D eigenvalue weighted by Crippen LogP contribution is -2.44. The zero-order chi connectivity index (χ0) is 48.9. The van der Waals surface area contributed by atoms with Crippen LogP contribution in [0.2, 0.25) is 0 Å². The first-order valence-corrected chi connectivity index (χ1v) is 24.4. The molecule has 2 aromatic heterocycles. The van der Waals surface area contributed by atoms with Crippen molar-refractivity contribution >= 4 is 47.1 Å². The number of halogens is 2. The van der Waals surface area contributed by atoms with Gasteiger partial charge in [0, 0.05) is 55.3 Å². The van der Waals surface area contributed by atoms with Crippen molar-refractivity contribution in [3.8, 4) is 41.1 Å². The molecular weight excluding hydrogens is 912 g/mol. The summed E-state index contributed by atoms with van der Waals surface area (Å²) < 4.78 is 83.7. The summed E-state index contributed by atoms with van der Waals surface area (Å²) in [4.78, 5) is 43.9. The first-order valence-electron chi connectivity index (χ1n) is 22.8. The number of hydrogen-bond acceptors (Lipinski definition) is 14. The fourth-order valence-electron chi connectivity index (χ4n) is 8.17. The predicted molar refractivity (Wildman–Crippen MR) is 256 cm³/mol. The van der Waals surface area contributed by atoms with Gasteiger partial charge < -0.3 is 38.2 Å². The van der Waals surface area contributed by atoms with E-state index in [0.717, 1.165) is 38.5 Å². The van der Waals surface area contributed by atoms with Crippen molar-refractivity contribution in [2.24, 2.45) is 10.8 Å². The van der Waals surface area contributed by atoms with E-state index in [0.29, 0.717) is 19.8 Å². The molecule has 3 aromatic carbocycles. The highest BCUT2D eigenvalue weighted by Gasteiger charge is 2.45. The predicted octanol–water partition coefficient (Wildman–Crippen LogP) is 7.24. The summed E-state index contributed by atoms with van der Waals surface area (Å²) >= 11 is 0. The Bertz CT molecular complexity index is 2810. The van der Waals surface area contributed by atoms with Crippen molar-refractivity contribution in [2.75, 3.05) is 77.3 Å². The van der Waals surface area contributed by atoms with Gasteiger partial charge in [-0.1, -0.05) is 57.5 Å². The first-order chi connectivity index (χ1) is 33.0. The van der Waals surface area contributed by atoms with Crippen LogP contribution >= 0.6 is 7.75 Å².